The van der Waals surface area contributed by atoms with Crippen molar-refractivity contribution < 1.29 is 27.8 Å². The van der Waals surface area contributed by atoms with Gasteiger partial charge in [-0.1, -0.05) is 12.8 Å². The van der Waals surface area contributed by atoms with Crippen molar-refractivity contribution in [3.63, 3.8) is 0 Å². The zero-order valence-electron chi connectivity index (χ0n) is 22.6. The number of methoxy groups -OCH3 is 1. The fraction of sp³-hybridized carbons (Fsp3) is 0.759. The van der Waals surface area contributed by atoms with Crippen molar-refractivity contribution in [1.82, 2.24) is 15.6 Å². The molecule has 10 heteroatoms. The van der Waals surface area contributed by atoms with E-state index in [9.17, 15) is 18.4 Å². The lowest BCUT2D eigenvalue weighted by molar-refractivity contribution is -0.260. The zero-order valence-corrected chi connectivity index (χ0v) is 23.4. The molecule has 1 saturated heterocycles. The van der Waals surface area contributed by atoms with E-state index in [1.54, 1.807) is 11.8 Å². The van der Waals surface area contributed by atoms with Crippen LogP contribution in [0.1, 0.15) is 86.7 Å². The van der Waals surface area contributed by atoms with Crippen molar-refractivity contribution in [1.29, 1.82) is 0 Å². The van der Waals surface area contributed by atoms with Gasteiger partial charge in [-0.25, -0.2) is 4.98 Å². The van der Waals surface area contributed by atoms with Crippen LogP contribution >= 0.6 is 11.8 Å². The molecule has 7 nitrogen and oxygen atoms in total. The van der Waals surface area contributed by atoms with E-state index in [0.29, 0.717) is 42.5 Å². The number of carbonyl (C=O) groups is 2. The van der Waals surface area contributed by atoms with Gasteiger partial charge in [0.25, 0.3) is 5.91 Å². The van der Waals surface area contributed by atoms with Gasteiger partial charge < -0.3 is 20.1 Å². The Hall–Kier alpha value is -1.78. The molecule has 214 valence electrons. The number of nitrogens with one attached hydrogen (secondary N) is 2. The van der Waals surface area contributed by atoms with Crippen LogP contribution in [-0.4, -0.2) is 60.6 Å². The van der Waals surface area contributed by atoms with Crippen molar-refractivity contribution in [2.45, 2.75) is 105 Å². The number of amides is 1. The minimum atomic E-state index is -2.76. The van der Waals surface area contributed by atoms with E-state index in [1.165, 1.54) is 20.0 Å². The van der Waals surface area contributed by atoms with Crippen molar-refractivity contribution in [2.24, 2.45) is 17.8 Å². The first kappa shape index (κ1) is 27.4. The predicted molar refractivity (Wildman–Crippen MR) is 143 cm³/mol. The van der Waals surface area contributed by atoms with Crippen LogP contribution in [-0.2, 0) is 19.7 Å². The fourth-order valence-corrected chi connectivity index (χ4v) is 9.79. The summed E-state index contributed by atoms with van der Waals surface area (Å²) in [4.78, 5) is 31.2. The Labute approximate surface area is 232 Å². The Morgan fingerprint density at radius 2 is 1.92 bits per heavy atom. The highest BCUT2D eigenvalue weighted by molar-refractivity contribution is 7.99. The Balaban J connectivity index is 1.25. The van der Waals surface area contributed by atoms with Gasteiger partial charge in [0.2, 0.25) is 0 Å². The number of alkyl halides is 2. The molecule has 3 atom stereocenters. The second kappa shape index (κ2) is 10.9. The molecule has 4 bridgehead atoms. The van der Waals surface area contributed by atoms with Crippen molar-refractivity contribution in [2.75, 3.05) is 20.2 Å². The van der Waals surface area contributed by atoms with Gasteiger partial charge in [-0.15, -0.1) is 11.8 Å². The first-order valence-corrected chi connectivity index (χ1v) is 15.4. The van der Waals surface area contributed by atoms with Crippen LogP contribution in [0, 0.1) is 17.8 Å². The Kier molecular flexibility index (Phi) is 7.65. The van der Waals surface area contributed by atoms with Crippen LogP contribution in [0.4, 0.5) is 8.78 Å². The fourth-order valence-electron chi connectivity index (χ4n) is 8.46. The maximum atomic E-state index is 13.8. The number of rotatable bonds is 9. The molecule has 2 N–H and O–H groups in total. The number of aromatic nitrogens is 1. The Bertz CT molecular complexity index is 1070. The second-order valence-corrected chi connectivity index (χ2v) is 13.9. The van der Waals surface area contributed by atoms with E-state index in [4.69, 9.17) is 14.5 Å². The molecule has 7 rings (SSSR count). The summed E-state index contributed by atoms with van der Waals surface area (Å²) in [6, 6.07) is 3.76. The molecule has 6 fully saturated rings. The predicted octanol–water partition coefficient (Wildman–Crippen LogP) is 4.83. The molecule has 1 aliphatic heterocycles. The van der Waals surface area contributed by atoms with Crippen LogP contribution in [0.2, 0.25) is 0 Å². The highest BCUT2D eigenvalue weighted by Gasteiger charge is 2.57. The summed E-state index contributed by atoms with van der Waals surface area (Å²) >= 11 is 1.69. The molecule has 2 unspecified atom stereocenters. The number of pyridine rings is 1. The lowest BCUT2D eigenvalue weighted by Gasteiger charge is -2.59. The van der Waals surface area contributed by atoms with Crippen LogP contribution in [0.25, 0.3) is 0 Å². The molecule has 1 aromatic rings. The summed E-state index contributed by atoms with van der Waals surface area (Å²) in [6.07, 6.45) is 9.40. The van der Waals surface area contributed by atoms with Crippen LogP contribution in [0.5, 0.6) is 0 Å². The monoisotopic (exact) mass is 563 g/mol. The van der Waals surface area contributed by atoms with Gasteiger partial charge >= 0.3 is 12.6 Å². The van der Waals surface area contributed by atoms with Gasteiger partial charge in [0, 0.05) is 28.9 Å². The van der Waals surface area contributed by atoms with Crippen molar-refractivity contribution >= 4 is 23.6 Å². The number of ether oxygens (including phenoxy) is 2. The molecule has 6 aliphatic rings. The molecule has 5 aliphatic carbocycles. The Morgan fingerprint density at radius 3 is 2.56 bits per heavy atom. The average Bonchev–Trinajstić information content (AvgIpc) is 3.58. The van der Waals surface area contributed by atoms with Crippen LogP contribution < -0.4 is 10.6 Å². The van der Waals surface area contributed by atoms with Gasteiger partial charge in [0.15, 0.2) is 0 Å². The zero-order chi connectivity index (χ0) is 27.2. The number of hydrogen-bond donors (Lipinski definition) is 2. The summed E-state index contributed by atoms with van der Waals surface area (Å²) in [7, 11) is 1.41. The topological polar surface area (TPSA) is 89.6 Å². The largest absolute Gasteiger partial charge is 0.469 e. The third-order valence-electron chi connectivity index (χ3n) is 10.0. The minimum absolute atomic E-state index is 0.0304. The van der Waals surface area contributed by atoms with E-state index in [0.717, 1.165) is 49.4 Å². The van der Waals surface area contributed by atoms with E-state index >= 15 is 0 Å². The third-order valence-corrected chi connectivity index (χ3v) is 11.4. The molecule has 1 amide bonds. The molecule has 1 aromatic heterocycles. The van der Waals surface area contributed by atoms with Gasteiger partial charge in [0.1, 0.15) is 5.03 Å². The average molecular weight is 564 g/mol. The minimum Gasteiger partial charge on any atom is -0.469 e. The molecule has 0 aromatic carbocycles. The highest BCUT2D eigenvalue weighted by Crippen LogP contribution is 2.57. The molecule has 2 heterocycles. The first-order chi connectivity index (χ1) is 18.8. The lowest BCUT2D eigenvalue weighted by Crippen LogP contribution is -2.62. The number of thioether (sulfide) groups is 1. The van der Waals surface area contributed by atoms with Gasteiger partial charge in [-0.2, -0.15) is 8.78 Å². The number of carbonyl (C=O) groups excluding carboxylic acids is 2. The second-order valence-electron chi connectivity index (χ2n) is 12.6. The normalized spacial score (nSPS) is 35.6. The van der Waals surface area contributed by atoms with Crippen molar-refractivity contribution in [3.05, 3.63) is 23.4 Å². The third kappa shape index (κ3) is 5.45. The summed E-state index contributed by atoms with van der Waals surface area (Å²) in [5.74, 6) is 0.315. The van der Waals surface area contributed by atoms with Crippen molar-refractivity contribution in [3.8, 4) is 0 Å². The SMILES string of the molecule is COC(=O)C[C@@]1(c2ccc(C(=O)N[C@H]3C4CC5CC3C[C@@](OC(F)F)(C5)C4)c(SC3CCCC3)n2)CCNC1. The summed E-state index contributed by atoms with van der Waals surface area (Å²) < 4.78 is 36.6. The summed E-state index contributed by atoms with van der Waals surface area (Å²) in [5, 5.41) is 7.86. The maximum absolute atomic E-state index is 13.8. The molecular weight excluding hydrogens is 524 g/mol. The lowest BCUT2D eigenvalue weighted by atomic mass is 9.52. The van der Waals surface area contributed by atoms with E-state index < -0.39 is 17.6 Å². The van der Waals surface area contributed by atoms with E-state index in [-0.39, 0.29) is 36.2 Å². The van der Waals surface area contributed by atoms with Gasteiger partial charge in [-0.3, -0.25) is 9.59 Å². The first-order valence-electron chi connectivity index (χ1n) is 14.5. The maximum Gasteiger partial charge on any atom is 0.345 e. The quantitative estimate of drug-likeness (QED) is 0.416. The van der Waals surface area contributed by atoms with E-state index in [2.05, 4.69) is 10.6 Å². The van der Waals surface area contributed by atoms with Crippen LogP contribution in [0.15, 0.2) is 17.2 Å². The molecular formula is C29H39F2N3O4S. The highest BCUT2D eigenvalue weighted by atomic mass is 32.2. The Morgan fingerprint density at radius 1 is 1.18 bits per heavy atom. The summed E-state index contributed by atoms with van der Waals surface area (Å²) in [5.41, 5.74) is 0.216. The standard InChI is InChI=1S/C29H39F2N3O4S/c1-37-23(35)15-28(8-9-32-16-28)22-7-6-21(26(33-22)39-20-4-2-3-5-20)25(36)34-24-18-10-17-11-19(24)14-29(12-17,13-18)38-27(30)31/h6-7,17-20,24,27,32H,2-5,8-16H2,1H3,(H,34,36)/t17?,18?,19?,24-,28-,29+/m0/s1. The van der Waals surface area contributed by atoms with Crippen LogP contribution in [0.3, 0.4) is 0 Å². The number of halogens is 2. The molecule has 0 spiro atoms. The number of esters is 1. The van der Waals surface area contributed by atoms with Gasteiger partial charge in [0.05, 0.1) is 24.7 Å². The smallest absolute Gasteiger partial charge is 0.345 e. The summed E-state index contributed by atoms with van der Waals surface area (Å²) in [6.45, 7) is -1.32. The molecule has 0 radical (unpaired) electrons. The number of hydrogen-bond acceptors (Lipinski definition) is 7. The number of nitrogens with zero attached hydrogens (tertiary/aromatic N) is 1. The van der Waals surface area contributed by atoms with E-state index in [1.807, 2.05) is 12.1 Å². The van der Waals surface area contributed by atoms with Gasteiger partial charge in [-0.05, 0) is 87.8 Å². The molecule has 39 heavy (non-hydrogen) atoms. The molecule has 5 saturated carbocycles.